The SMILES string of the molecule is CCC(COC)NS(=O)(=O)c1cc(N)c(Br)cc1F. The first kappa shape index (κ1) is 16.4. The van der Waals surface area contributed by atoms with Crippen molar-refractivity contribution < 1.29 is 17.5 Å². The van der Waals surface area contributed by atoms with E-state index >= 15 is 0 Å². The lowest BCUT2D eigenvalue weighted by Gasteiger charge is -2.16. The molecule has 8 heteroatoms. The van der Waals surface area contributed by atoms with Gasteiger partial charge in [0.25, 0.3) is 0 Å². The van der Waals surface area contributed by atoms with Crippen molar-refractivity contribution in [2.45, 2.75) is 24.3 Å². The van der Waals surface area contributed by atoms with Crippen molar-refractivity contribution in [3.05, 3.63) is 22.4 Å². The monoisotopic (exact) mass is 354 g/mol. The van der Waals surface area contributed by atoms with Crippen LogP contribution in [0.25, 0.3) is 0 Å². The Kier molecular flexibility index (Phi) is 5.72. The predicted molar refractivity (Wildman–Crippen MR) is 74.8 cm³/mol. The number of sulfonamides is 1. The number of hydrogen-bond donors (Lipinski definition) is 2. The van der Waals surface area contributed by atoms with Crippen molar-refractivity contribution >= 4 is 31.6 Å². The molecule has 19 heavy (non-hydrogen) atoms. The maximum Gasteiger partial charge on any atom is 0.243 e. The molecule has 0 saturated heterocycles. The summed E-state index contributed by atoms with van der Waals surface area (Å²) in [7, 11) is -2.50. The Morgan fingerprint density at radius 1 is 1.53 bits per heavy atom. The molecule has 0 spiro atoms. The number of anilines is 1. The minimum atomic E-state index is -3.97. The number of nitrogen functional groups attached to an aromatic ring is 1. The Morgan fingerprint density at radius 3 is 2.68 bits per heavy atom. The highest BCUT2D eigenvalue weighted by Gasteiger charge is 2.23. The van der Waals surface area contributed by atoms with Gasteiger partial charge in [-0.25, -0.2) is 17.5 Å². The van der Waals surface area contributed by atoms with Crippen LogP contribution in [0.1, 0.15) is 13.3 Å². The van der Waals surface area contributed by atoms with Gasteiger partial charge in [-0.1, -0.05) is 6.92 Å². The van der Waals surface area contributed by atoms with Crippen LogP contribution in [0.5, 0.6) is 0 Å². The summed E-state index contributed by atoms with van der Waals surface area (Å²) in [6.45, 7) is 2.02. The van der Waals surface area contributed by atoms with Crippen LogP contribution in [-0.2, 0) is 14.8 Å². The molecule has 1 aromatic carbocycles. The van der Waals surface area contributed by atoms with Crippen molar-refractivity contribution in [2.24, 2.45) is 0 Å². The lowest BCUT2D eigenvalue weighted by molar-refractivity contribution is 0.173. The zero-order valence-corrected chi connectivity index (χ0v) is 13.0. The van der Waals surface area contributed by atoms with Crippen LogP contribution in [0.2, 0.25) is 0 Å². The standard InChI is InChI=1S/C11H16BrFN2O3S/c1-3-7(6-18-2)15-19(16,17)11-5-10(14)8(12)4-9(11)13/h4-5,7,15H,3,6,14H2,1-2H3. The largest absolute Gasteiger partial charge is 0.398 e. The number of halogens is 2. The number of rotatable bonds is 6. The van der Waals surface area contributed by atoms with Gasteiger partial charge in [0, 0.05) is 23.3 Å². The number of ether oxygens (including phenoxy) is 1. The number of benzene rings is 1. The molecule has 108 valence electrons. The molecule has 1 atom stereocenters. The Labute approximate surface area is 120 Å². The van der Waals surface area contributed by atoms with Crippen LogP contribution < -0.4 is 10.5 Å². The van der Waals surface area contributed by atoms with E-state index in [1.54, 1.807) is 6.92 Å². The molecular formula is C11H16BrFN2O3S. The van der Waals surface area contributed by atoms with Gasteiger partial charge in [-0.3, -0.25) is 0 Å². The minimum Gasteiger partial charge on any atom is -0.398 e. The topological polar surface area (TPSA) is 81.4 Å². The van der Waals surface area contributed by atoms with Crippen molar-refractivity contribution in [3.8, 4) is 0 Å². The van der Waals surface area contributed by atoms with Crippen LogP contribution in [0.4, 0.5) is 10.1 Å². The molecule has 3 N–H and O–H groups in total. The molecule has 0 bridgehead atoms. The van der Waals surface area contributed by atoms with E-state index in [9.17, 15) is 12.8 Å². The second-order valence-corrected chi connectivity index (χ2v) is 6.52. The average molecular weight is 355 g/mol. The van der Waals surface area contributed by atoms with Crippen molar-refractivity contribution in [2.75, 3.05) is 19.5 Å². The Balaban J connectivity index is 3.10. The molecule has 0 saturated carbocycles. The summed E-state index contributed by atoms with van der Waals surface area (Å²) >= 11 is 3.04. The predicted octanol–water partition coefficient (Wildman–Crippen LogP) is 1.87. The van der Waals surface area contributed by atoms with Gasteiger partial charge < -0.3 is 10.5 Å². The second-order valence-electron chi connectivity index (χ2n) is 3.99. The van der Waals surface area contributed by atoms with Gasteiger partial charge in [-0.15, -0.1) is 0 Å². The van der Waals surface area contributed by atoms with Gasteiger partial charge in [0.15, 0.2) is 0 Å². The van der Waals surface area contributed by atoms with E-state index in [0.29, 0.717) is 10.9 Å². The molecule has 0 radical (unpaired) electrons. The number of nitrogens with one attached hydrogen (secondary N) is 1. The van der Waals surface area contributed by atoms with Crippen LogP contribution in [-0.4, -0.2) is 28.2 Å². The molecule has 5 nitrogen and oxygen atoms in total. The maximum atomic E-state index is 13.7. The van der Waals surface area contributed by atoms with E-state index in [2.05, 4.69) is 20.7 Å². The summed E-state index contributed by atoms with van der Waals surface area (Å²) in [5.41, 5.74) is 5.73. The number of hydrogen-bond acceptors (Lipinski definition) is 4. The third kappa shape index (κ3) is 4.13. The lowest BCUT2D eigenvalue weighted by Crippen LogP contribution is -2.37. The molecule has 0 amide bonds. The van der Waals surface area contributed by atoms with Crippen LogP contribution in [0.15, 0.2) is 21.5 Å². The summed E-state index contributed by atoms with van der Waals surface area (Å²) in [6, 6.07) is 1.70. The average Bonchev–Trinajstić information content (AvgIpc) is 2.32. The van der Waals surface area contributed by atoms with Gasteiger partial charge in [0.2, 0.25) is 10.0 Å². The highest BCUT2D eigenvalue weighted by Crippen LogP contribution is 2.26. The zero-order valence-electron chi connectivity index (χ0n) is 10.6. The van der Waals surface area contributed by atoms with Crippen molar-refractivity contribution in [3.63, 3.8) is 0 Å². The first-order valence-corrected chi connectivity index (χ1v) is 7.85. The highest BCUT2D eigenvalue weighted by molar-refractivity contribution is 9.10. The van der Waals surface area contributed by atoms with E-state index in [0.717, 1.165) is 12.1 Å². The minimum absolute atomic E-state index is 0.154. The zero-order chi connectivity index (χ0) is 14.6. The maximum absolute atomic E-state index is 13.7. The first-order valence-electron chi connectivity index (χ1n) is 5.57. The fraction of sp³-hybridized carbons (Fsp3) is 0.455. The molecule has 0 aliphatic heterocycles. The van der Waals surface area contributed by atoms with E-state index in [4.69, 9.17) is 10.5 Å². The fourth-order valence-corrected chi connectivity index (χ4v) is 3.18. The third-order valence-electron chi connectivity index (χ3n) is 2.52. The molecule has 0 aliphatic carbocycles. The molecule has 0 aliphatic rings. The van der Waals surface area contributed by atoms with E-state index in [1.165, 1.54) is 7.11 Å². The van der Waals surface area contributed by atoms with Crippen LogP contribution in [0, 0.1) is 5.82 Å². The third-order valence-corrected chi connectivity index (χ3v) is 4.75. The number of methoxy groups -OCH3 is 1. The second kappa shape index (κ2) is 6.65. The summed E-state index contributed by atoms with van der Waals surface area (Å²) in [5.74, 6) is -0.860. The van der Waals surface area contributed by atoms with E-state index in [-0.39, 0.29) is 12.3 Å². The fourth-order valence-electron chi connectivity index (χ4n) is 1.47. The Bertz CT molecular complexity index is 551. The van der Waals surface area contributed by atoms with E-state index in [1.807, 2.05) is 0 Å². The number of nitrogens with two attached hydrogens (primary N) is 1. The summed E-state index contributed by atoms with van der Waals surface area (Å²) in [6.07, 6.45) is 0.528. The van der Waals surface area contributed by atoms with Gasteiger partial charge >= 0.3 is 0 Å². The molecule has 1 aromatic rings. The summed E-state index contributed by atoms with van der Waals surface area (Å²) < 4.78 is 45.5. The molecule has 0 aromatic heterocycles. The smallest absolute Gasteiger partial charge is 0.243 e. The normalized spacial score (nSPS) is 13.5. The summed E-state index contributed by atoms with van der Waals surface area (Å²) in [4.78, 5) is -0.470. The quantitative estimate of drug-likeness (QED) is 0.764. The van der Waals surface area contributed by atoms with Gasteiger partial charge in [-0.2, -0.15) is 0 Å². The molecule has 1 unspecified atom stereocenters. The van der Waals surface area contributed by atoms with Gasteiger partial charge in [-0.05, 0) is 34.5 Å². The van der Waals surface area contributed by atoms with E-state index < -0.39 is 26.8 Å². The lowest BCUT2D eigenvalue weighted by atomic mass is 10.3. The van der Waals surface area contributed by atoms with Crippen LogP contribution >= 0.6 is 15.9 Å². The van der Waals surface area contributed by atoms with Crippen molar-refractivity contribution in [1.82, 2.24) is 4.72 Å². The molecule has 0 fully saturated rings. The molecular weight excluding hydrogens is 339 g/mol. The molecule has 0 heterocycles. The first-order chi connectivity index (χ1) is 8.81. The highest BCUT2D eigenvalue weighted by atomic mass is 79.9. The van der Waals surface area contributed by atoms with Gasteiger partial charge in [0.05, 0.1) is 6.61 Å². The van der Waals surface area contributed by atoms with Gasteiger partial charge in [0.1, 0.15) is 10.7 Å². The van der Waals surface area contributed by atoms with Crippen molar-refractivity contribution in [1.29, 1.82) is 0 Å². The Hall–Kier alpha value is -0.700. The summed E-state index contributed by atoms with van der Waals surface area (Å²) in [5, 5.41) is 0. The molecule has 1 rings (SSSR count). The Morgan fingerprint density at radius 2 is 2.16 bits per heavy atom. The van der Waals surface area contributed by atoms with Crippen LogP contribution in [0.3, 0.4) is 0 Å².